The van der Waals surface area contributed by atoms with Gasteiger partial charge < -0.3 is 5.11 Å². The average molecular weight is 288 g/mol. The van der Waals surface area contributed by atoms with Crippen molar-refractivity contribution in [2.45, 2.75) is 31.6 Å². The summed E-state index contributed by atoms with van der Waals surface area (Å²) in [5, 5.41) is 9.86. The Labute approximate surface area is 122 Å². The van der Waals surface area contributed by atoms with Crippen LogP contribution in [0.15, 0.2) is 29.3 Å². The molecule has 5 heteroatoms. The number of carboxylic acids is 1. The van der Waals surface area contributed by atoms with E-state index in [4.69, 9.17) is 0 Å². The van der Waals surface area contributed by atoms with Crippen LogP contribution in [-0.2, 0) is 5.75 Å². The third-order valence-corrected chi connectivity index (χ3v) is 3.84. The van der Waals surface area contributed by atoms with Crippen molar-refractivity contribution in [3.63, 3.8) is 0 Å². The molecule has 0 spiro atoms. The summed E-state index contributed by atoms with van der Waals surface area (Å²) in [4.78, 5) is 20.1. The third-order valence-electron chi connectivity index (χ3n) is 2.83. The van der Waals surface area contributed by atoms with E-state index >= 15 is 0 Å². The SMILES string of the molecule is Cc1cccc(CSc2nc(C)cc(C)c2C(=O)O)n1. The summed E-state index contributed by atoms with van der Waals surface area (Å²) in [6, 6.07) is 7.61. The van der Waals surface area contributed by atoms with Gasteiger partial charge >= 0.3 is 5.97 Å². The van der Waals surface area contributed by atoms with Gasteiger partial charge in [0.1, 0.15) is 5.03 Å². The highest BCUT2D eigenvalue weighted by Crippen LogP contribution is 2.26. The largest absolute Gasteiger partial charge is 0.478 e. The predicted octanol–water partition coefficient (Wildman–Crippen LogP) is 3.39. The first kappa shape index (κ1) is 14.5. The van der Waals surface area contributed by atoms with Gasteiger partial charge in [0.15, 0.2) is 0 Å². The number of thioether (sulfide) groups is 1. The van der Waals surface area contributed by atoms with Gasteiger partial charge in [-0.1, -0.05) is 17.8 Å². The number of aromatic nitrogens is 2. The number of nitrogens with zero attached hydrogens (tertiary/aromatic N) is 2. The van der Waals surface area contributed by atoms with E-state index in [9.17, 15) is 9.90 Å². The second-order valence-corrected chi connectivity index (χ2v) is 5.59. The van der Waals surface area contributed by atoms with Crippen LogP contribution in [0.25, 0.3) is 0 Å². The molecule has 0 saturated carbocycles. The molecule has 0 aromatic carbocycles. The molecule has 0 atom stereocenters. The highest BCUT2D eigenvalue weighted by molar-refractivity contribution is 7.98. The zero-order valence-corrected chi connectivity index (χ0v) is 12.5. The number of rotatable bonds is 4. The fourth-order valence-electron chi connectivity index (χ4n) is 1.99. The zero-order chi connectivity index (χ0) is 14.7. The van der Waals surface area contributed by atoms with Crippen LogP contribution in [0.3, 0.4) is 0 Å². The lowest BCUT2D eigenvalue weighted by Gasteiger charge is -2.09. The van der Waals surface area contributed by atoms with Crippen LogP contribution >= 0.6 is 11.8 Å². The molecular weight excluding hydrogens is 272 g/mol. The van der Waals surface area contributed by atoms with E-state index in [0.717, 1.165) is 22.6 Å². The van der Waals surface area contributed by atoms with E-state index in [1.807, 2.05) is 32.0 Å². The Morgan fingerprint density at radius 2 is 1.95 bits per heavy atom. The molecule has 4 nitrogen and oxygen atoms in total. The van der Waals surface area contributed by atoms with Crippen LogP contribution in [0.2, 0.25) is 0 Å². The molecule has 104 valence electrons. The van der Waals surface area contributed by atoms with Crippen LogP contribution in [0, 0.1) is 20.8 Å². The van der Waals surface area contributed by atoms with Gasteiger partial charge in [-0.05, 0) is 44.5 Å². The topological polar surface area (TPSA) is 63.1 Å². The minimum absolute atomic E-state index is 0.285. The minimum Gasteiger partial charge on any atom is -0.478 e. The fourth-order valence-corrected chi connectivity index (χ4v) is 3.04. The second-order valence-electron chi connectivity index (χ2n) is 4.62. The Bertz CT molecular complexity index is 656. The lowest BCUT2D eigenvalue weighted by molar-refractivity contribution is 0.0691. The maximum atomic E-state index is 11.4. The lowest BCUT2D eigenvalue weighted by Crippen LogP contribution is -2.05. The van der Waals surface area contributed by atoms with E-state index in [1.165, 1.54) is 11.8 Å². The third kappa shape index (κ3) is 3.36. The second kappa shape index (κ2) is 6.05. The quantitative estimate of drug-likeness (QED) is 0.874. The first-order valence-electron chi connectivity index (χ1n) is 6.24. The molecule has 0 aliphatic rings. The summed E-state index contributed by atoms with van der Waals surface area (Å²) >= 11 is 1.41. The highest BCUT2D eigenvalue weighted by atomic mass is 32.2. The first-order valence-corrected chi connectivity index (χ1v) is 7.23. The zero-order valence-electron chi connectivity index (χ0n) is 11.7. The minimum atomic E-state index is -0.935. The molecule has 0 aliphatic heterocycles. The summed E-state index contributed by atoms with van der Waals surface area (Å²) in [5.41, 5.74) is 3.73. The standard InChI is InChI=1S/C15H16N2O2S/c1-9-7-11(3)17-14(13(9)15(18)19)20-8-12-6-4-5-10(2)16-12/h4-7H,8H2,1-3H3,(H,18,19). The molecule has 2 heterocycles. The van der Waals surface area contributed by atoms with Gasteiger partial charge in [-0.25, -0.2) is 9.78 Å². The predicted molar refractivity (Wildman–Crippen MR) is 79.2 cm³/mol. The summed E-state index contributed by atoms with van der Waals surface area (Å²) in [6.07, 6.45) is 0. The molecule has 20 heavy (non-hydrogen) atoms. The van der Waals surface area contributed by atoms with Gasteiger partial charge in [0, 0.05) is 17.1 Å². The van der Waals surface area contributed by atoms with Gasteiger partial charge in [0.25, 0.3) is 0 Å². The smallest absolute Gasteiger partial charge is 0.338 e. The van der Waals surface area contributed by atoms with Gasteiger partial charge in [-0.3, -0.25) is 4.98 Å². The summed E-state index contributed by atoms with van der Waals surface area (Å²) in [6.45, 7) is 5.60. The maximum Gasteiger partial charge on any atom is 0.338 e. The van der Waals surface area contributed by atoms with Crippen LogP contribution in [0.1, 0.15) is 33.0 Å². The molecule has 0 radical (unpaired) electrons. The number of hydrogen-bond donors (Lipinski definition) is 1. The van der Waals surface area contributed by atoms with E-state index in [1.54, 1.807) is 13.0 Å². The van der Waals surface area contributed by atoms with Gasteiger partial charge in [0.05, 0.1) is 11.3 Å². The van der Waals surface area contributed by atoms with E-state index in [0.29, 0.717) is 10.8 Å². The molecule has 0 fully saturated rings. The Morgan fingerprint density at radius 3 is 2.60 bits per heavy atom. The van der Waals surface area contributed by atoms with Gasteiger partial charge in [-0.2, -0.15) is 0 Å². The normalized spacial score (nSPS) is 10.6. The Kier molecular flexibility index (Phi) is 4.39. The average Bonchev–Trinajstić information content (AvgIpc) is 2.35. The van der Waals surface area contributed by atoms with Crippen molar-refractivity contribution < 1.29 is 9.90 Å². The molecule has 0 aliphatic carbocycles. The fraction of sp³-hybridized carbons (Fsp3) is 0.267. The Balaban J connectivity index is 2.27. The van der Waals surface area contributed by atoms with Crippen molar-refractivity contribution in [2.24, 2.45) is 0 Å². The van der Waals surface area contributed by atoms with Crippen molar-refractivity contribution >= 4 is 17.7 Å². The van der Waals surface area contributed by atoms with Crippen LogP contribution < -0.4 is 0 Å². The van der Waals surface area contributed by atoms with Crippen molar-refractivity contribution in [3.8, 4) is 0 Å². The monoisotopic (exact) mass is 288 g/mol. The van der Waals surface area contributed by atoms with Crippen molar-refractivity contribution in [3.05, 3.63) is 52.5 Å². The van der Waals surface area contributed by atoms with Crippen LogP contribution in [0.4, 0.5) is 0 Å². The van der Waals surface area contributed by atoms with E-state index in [2.05, 4.69) is 9.97 Å². The Morgan fingerprint density at radius 1 is 1.20 bits per heavy atom. The maximum absolute atomic E-state index is 11.4. The van der Waals surface area contributed by atoms with Gasteiger partial charge in [-0.15, -0.1) is 0 Å². The molecule has 2 rings (SSSR count). The van der Waals surface area contributed by atoms with Crippen molar-refractivity contribution in [2.75, 3.05) is 0 Å². The highest BCUT2D eigenvalue weighted by Gasteiger charge is 2.16. The van der Waals surface area contributed by atoms with Crippen molar-refractivity contribution in [1.82, 2.24) is 9.97 Å². The van der Waals surface area contributed by atoms with E-state index < -0.39 is 5.97 Å². The number of carbonyl (C=O) groups is 1. The number of carboxylic acid groups (broad SMARTS) is 1. The molecule has 0 amide bonds. The first-order chi connectivity index (χ1) is 9.47. The number of aromatic carboxylic acids is 1. The molecule has 0 bridgehead atoms. The number of pyridine rings is 2. The number of hydrogen-bond acceptors (Lipinski definition) is 4. The lowest BCUT2D eigenvalue weighted by atomic mass is 10.1. The molecule has 2 aromatic heterocycles. The molecule has 0 unspecified atom stereocenters. The van der Waals surface area contributed by atoms with Crippen molar-refractivity contribution in [1.29, 1.82) is 0 Å². The Hall–Kier alpha value is -1.88. The molecule has 2 aromatic rings. The summed E-state index contributed by atoms with van der Waals surface area (Å²) in [5.74, 6) is -0.326. The van der Waals surface area contributed by atoms with Gasteiger partial charge in [0.2, 0.25) is 0 Å². The summed E-state index contributed by atoms with van der Waals surface area (Å²) in [7, 11) is 0. The number of aryl methyl sites for hydroxylation is 3. The summed E-state index contributed by atoms with van der Waals surface area (Å²) < 4.78 is 0. The van der Waals surface area contributed by atoms with Crippen LogP contribution in [0.5, 0.6) is 0 Å². The molecule has 0 saturated heterocycles. The molecular formula is C15H16N2O2S. The molecule has 1 N–H and O–H groups in total. The van der Waals surface area contributed by atoms with Crippen LogP contribution in [-0.4, -0.2) is 21.0 Å². The van der Waals surface area contributed by atoms with E-state index in [-0.39, 0.29) is 5.56 Å².